The van der Waals surface area contributed by atoms with Crippen LogP contribution in [0.4, 0.5) is 0 Å². The van der Waals surface area contributed by atoms with Gasteiger partial charge in [0.25, 0.3) is 0 Å². The number of aldehydes is 1. The molecule has 0 aliphatic heterocycles. The Labute approximate surface area is 114 Å². The van der Waals surface area contributed by atoms with Crippen molar-refractivity contribution in [3.05, 3.63) is 78.4 Å². The Hall–Kier alpha value is -2.15. The standard InChI is InChI=1S/C18H18O/c1-15(16-9-5-3-6-10-16)13-18(2,14-19)17-11-7-4-8-12-17/h3-12,14H,1,13H2,2H3. The number of hydrogen-bond donors (Lipinski definition) is 0. The van der Waals surface area contributed by atoms with Crippen molar-refractivity contribution in [3.8, 4) is 0 Å². The lowest BCUT2D eigenvalue weighted by molar-refractivity contribution is -0.112. The molecule has 2 aromatic rings. The maximum Gasteiger partial charge on any atom is 0.130 e. The number of rotatable bonds is 5. The molecule has 1 heteroatoms. The van der Waals surface area contributed by atoms with E-state index >= 15 is 0 Å². The van der Waals surface area contributed by atoms with Crippen LogP contribution in [0.5, 0.6) is 0 Å². The van der Waals surface area contributed by atoms with Crippen molar-refractivity contribution in [1.29, 1.82) is 0 Å². The molecule has 0 saturated carbocycles. The maximum absolute atomic E-state index is 11.6. The highest BCUT2D eigenvalue weighted by Gasteiger charge is 2.27. The van der Waals surface area contributed by atoms with Gasteiger partial charge in [0.15, 0.2) is 0 Å². The van der Waals surface area contributed by atoms with Crippen molar-refractivity contribution >= 4 is 11.9 Å². The number of hydrogen-bond acceptors (Lipinski definition) is 1. The molecule has 19 heavy (non-hydrogen) atoms. The summed E-state index contributed by atoms with van der Waals surface area (Å²) in [4.78, 5) is 11.6. The molecule has 0 N–H and O–H groups in total. The Morgan fingerprint density at radius 3 is 2.11 bits per heavy atom. The minimum absolute atomic E-state index is 0.520. The van der Waals surface area contributed by atoms with Gasteiger partial charge >= 0.3 is 0 Å². The first-order valence-corrected chi connectivity index (χ1v) is 6.41. The van der Waals surface area contributed by atoms with E-state index in [1.54, 1.807) is 0 Å². The number of carbonyl (C=O) groups excluding carboxylic acids is 1. The van der Waals surface area contributed by atoms with E-state index in [0.717, 1.165) is 23.0 Å². The van der Waals surface area contributed by atoms with E-state index in [2.05, 4.69) is 6.58 Å². The number of benzene rings is 2. The van der Waals surface area contributed by atoms with E-state index in [4.69, 9.17) is 0 Å². The van der Waals surface area contributed by atoms with Crippen molar-refractivity contribution in [2.24, 2.45) is 0 Å². The van der Waals surface area contributed by atoms with E-state index < -0.39 is 5.41 Å². The molecule has 0 heterocycles. The van der Waals surface area contributed by atoms with Crippen LogP contribution in [0.3, 0.4) is 0 Å². The lowest BCUT2D eigenvalue weighted by Gasteiger charge is -2.25. The fourth-order valence-corrected chi connectivity index (χ4v) is 2.25. The van der Waals surface area contributed by atoms with Crippen molar-refractivity contribution in [3.63, 3.8) is 0 Å². The molecular formula is C18H18O. The van der Waals surface area contributed by atoms with Gasteiger partial charge in [0.1, 0.15) is 6.29 Å². The topological polar surface area (TPSA) is 17.1 Å². The predicted octanol–water partition coefficient (Wildman–Crippen LogP) is 4.25. The quantitative estimate of drug-likeness (QED) is 0.725. The van der Waals surface area contributed by atoms with Crippen molar-refractivity contribution in [2.75, 3.05) is 0 Å². The van der Waals surface area contributed by atoms with Crippen molar-refractivity contribution in [2.45, 2.75) is 18.8 Å². The van der Waals surface area contributed by atoms with Gasteiger partial charge in [0.2, 0.25) is 0 Å². The Bertz CT molecular complexity index is 557. The SMILES string of the molecule is C=C(CC(C)(C=O)c1ccccc1)c1ccccc1. The Balaban J connectivity index is 2.25. The summed E-state index contributed by atoms with van der Waals surface area (Å²) in [6.07, 6.45) is 1.65. The molecule has 0 saturated heterocycles. The van der Waals surface area contributed by atoms with E-state index in [9.17, 15) is 4.79 Å². The highest BCUT2D eigenvalue weighted by molar-refractivity contribution is 5.75. The fraction of sp³-hybridized carbons (Fsp3) is 0.167. The van der Waals surface area contributed by atoms with Gasteiger partial charge in [-0.15, -0.1) is 0 Å². The summed E-state index contributed by atoms with van der Waals surface area (Å²) < 4.78 is 0. The molecule has 0 bridgehead atoms. The molecule has 2 aromatic carbocycles. The van der Waals surface area contributed by atoms with Crippen LogP contribution in [0.15, 0.2) is 67.2 Å². The first-order valence-electron chi connectivity index (χ1n) is 6.41. The summed E-state index contributed by atoms with van der Waals surface area (Å²) in [7, 11) is 0. The average molecular weight is 250 g/mol. The monoisotopic (exact) mass is 250 g/mol. The highest BCUT2D eigenvalue weighted by atomic mass is 16.1. The highest BCUT2D eigenvalue weighted by Crippen LogP contribution is 2.32. The second-order valence-corrected chi connectivity index (χ2v) is 5.05. The third-order valence-electron chi connectivity index (χ3n) is 3.46. The van der Waals surface area contributed by atoms with Crippen LogP contribution in [-0.4, -0.2) is 6.29 Å². The normalized spacial score (nSPS) is 13.5. The second kappa shape index (κ2) is 5.66. The van der Waals surface area contributed by atoms with Gasteiger partial charge < -0.3 is 4.79 Å². The first-order chi connectivity index (χ1) is 9.15. The molecule has 0 radical (unpaired) electrons. The van der Waals surface area contributed by atoms with Crippen LogP contribution in [-0.2, 0) is 10.2 Å². The van der Waals surface area contributed by atoms with Crippen LogP contribution < -0.4 is 0 Å². The molecule has 0 aliphatic carbocycles. The van der Waals surface area contributed by atoms with Gasteiger partial charge in [-0.3, -0.25) is 0 Å². The second-order valence-electron chi connectivity index (χ2n) is 5.05. The van der Waals surface area contributed by atoms with E-state index in [1.165, 1.54) is 0 Å². The molecule has 1 atom stereocenters. The molecule has 0 fully saturated rings. The zero-order valence-corrected chi connectivity index (χ0v) is 11.2. The average Bonchev–Trinajstić information content (AvgIpc) is 2.49. The number of allylic oxidation sites excluding steroid dienone is 1. The van der Waals surface area contributed by atoms with Crippen LogP contribution in [0, 0.1) is 0 Å². The minimum atomic E-state index is -0.520. The van der Waals surface area contributed by atoms with Crippen molar-refractivity contribution in [1.82, 2.24) is 0 Å². The van der Waals surface area contributed by atoms with Crippen LogP contribution in [0.1, 0.15) is 24.5 Å². The van der Waals surface area contributed by atoms with Crippen molar-refractivity contribution < 1.29 is 4.79 Å². The van der Waals surface area contributed by atoms with E-state index in [-0.39, 0.29) is 0 Å². The molecule has 1 unspecified atom stereocenters. The van der Waals surface area contributed by atoms with Gasteiger partial charge in [-0.1, -0.05) is 67.2 Å². The molecule has 0 amide bonds. The summed E-state index contributed by atoms with van der Waals surface area (Å²) in [5.74, 6) is 0. The van der Waals surface area contributed by atoms with Crippen LogP contribution in [0.2, 0.25) is 0 Å². The Kier molecular flexibility index (Phi) is 3.96. The Morgan fingerprint density at radius 2 is 1.58 bits per heavy atom. The van der Waals surface area contributed by atoms with Gasteiger partial charge in [0.05, 0.1) is 5.41 Å². The van der Waals surface area contributed by atoms with Crippen LogP contribution in [0.25, 0.3) is 5.57 Å². The van der Waals surface area contributed by atoms with Gasteiger partial charge in [0, 0.05) is 0 Å². The minimum Gasteiger partial charge on any atom is -0.302 e. The van der Waals surface area contributed by atoms with E-state index in [0.29, 0.717) is 6.42 Å². The summed E-state index contributed by atoms with van der Waals surface area (Å²) >= 11 is 0. The number of carbonyl (C=O) groups is 1. The molecule has 96 valence electrons. The third kappa shape index (κ3) is 3.00. The zero-order chi connectivity index (χ0) is 13.7. The molecule has 0 aliphatic rings. The molecular weight excluding hydrogens is 232 g/mol. The summed E-state index contributed by atoms with van der Waals surface area (Å²) in [5, 5.41) is 0. The van der Waals surface area contributed by atoms with Gasteiger partial charge in [-0.2, -0.15) is 0 Å². The maximum atomic E-state index is 11.6. The molecule has 0 aromatic heterocycles. The van der Waals surface area contributed by atoms with Gasteiger partial charge in [-0.25, -0.2) is 0 Å². The molecule has 0 spiro atoms. The summed E-state index contributed by atoms with van der Waals surface area (Å²) in [6, 6.07) is 19.9. The summed E-state index contributed by atoms with van der Waals surface area (Å²) in [6.45, 7) is 6.09. The first kappa shape index (κ1) is 13.3. The zero-order valence-electron chi connectivity index (χ0n) is 11.2. The Morgan fingerprint density at radius 1 is 1.05 bits per heavy atom. The smallest absolute Gasteiger partial charge is 0.130 e. The lowest BCUT2D eigenvalue weighted by Crippen LogP contribution is -2.24. The molecule has 1 nitrogen and oxygen atoms in total. The van der Waals surface area contributed by atoms with E-state index in [1.807, 2.05) is 67.6 Å². The van der Waals surface area contributed by atoms with Gasteiger partial charge in [-0.05, 0) is 30.0 Å². The van der Waals surface area contributed by atoms with Crippen LogP contribution >= 0.6 is 0 Å². The molecule has 2 rings (SSSR count). The fourth-order valence-electron chi connectivity index (χ4n) is 2.25. The summed E-state index contributed by atoms with van der Waals surface area (Å²) in [5.41, 5.74) is 2.58. The third-order valence-corrected chi connectivity index (χ3v) is 3.46. The lowest BCUT2D eigenvalue weighted by atomic mass is 9.77. The predicted molar refractivity (Wildman–Crippen MR) is 80.0 cm³/mol. The largest absolute Gasteiger partial charge is 0.302 e.